The Morgan fingerprint density at radius 3 is 2.85 bits per heavy atom. The van der Waals surface area contributed by atoms with Crippen LogP contribution in [0.4, 0.5) is 0 Å². The van der Waals surface area contributed by atoms with Gasteiger partial charge in [0.25, 0.3) is 0 Å². The second-order valence-corrected chi connectivity index (χ2v) is 5.66. The number of rotatable bonds is 5. The highest BCUT2D eigenvalue weighted by molar-refractivity contribution is 5.86. The van der Waals surface area contributed by atoms with E-state index >= 15 is 0 Å². The maximum absolute atomic E-state index is 11.7. The molecule has 1 unspecified atom stereocenters. The van der Waals surface area contributed by atoms with Crippen molar-refractivity contribution >= 4 is 5.97 Å². The number of hydrogen-bond acceptors (Lipinski definition) is 4. The van der Waals surface area contributed by atoms with Gasteiger partial charge in [-0.3, -0.25) is 0 Å². The molecular formula is C16H23NO3. The maximum Gasteiger partial charge on any atom is 0.333 e. The number of carbonyl (C=O) groups is 1. The summed E-state index contributed by atoms with van der Waals surface area (Å²) in [5, 5.41) is 10.5. The molecule has 0 aliphatic carbocycles. The first-order valence-electron chi connectivity index (χ1n) is 7.14. The minimum atomic E-state index is -0.945. The Hall–Kier alpha value is -1.55. The normalized spacial score (nSPS) is 28.4. The predicted molar refractivity (Wildman–Crippen MR) is 78.0 cm³/mol. The van der Waals surface area contributed by atoms with Gasteiger partial charge in [-0.2, -0.15) is 0 Å². The lowest BCUT2D eigenvalue weighted by molar-refractivity contribution is -0.154. The summed E-state index contributed by atoms with van der Waals surface area (Å²) in [5.74, 6) is -0.363. The minimum Gasteiger partial charge on any atom is -0.447 e. The first kappa shape index (κ1) is 14.9. The third-order valence-corrected chi connectivity index (χ3v) is 4.14. The summed E-state index contributed by atoms with van der Waals surface area (Å²) in [6.45, 7) is 9.26. The number of aliphatic hydroxyl groups is 1. The predicted octanol–water partition coefficient (Wildman–Crippen LogP) is 2.16. The molecule has 0 aromatic heterocycles. The summed E-state index contributed by atoms with van der Waals surface area (Å²) in [6.07, 6.45) is 7.10. The van der Waals surface area contributed by atoms with Crippen molar-refractivity contribution in [2.45, 2.75) is 44.8 Å². The number of cyclic esters (lactones) is 1. The average molecular weight is 277 g/mol. The van der Waals surface area contributed by atoms with Crippen LogP contribution in [0.3, 0.4) is 0 Å². The second kappa shape index (κ2) is 5.83. The number of hydrogen-bond donors (Lipinski definition) is 1. The molecule has 2 atom stereocenters. The van der Waals surface area contributed by atoms with Crippen molar-refractivity contribution < 1.29 is 14.6 Å². The summed E-state index contributed by atoms with van der Waals surface area (Å²) >= 11 is 0. The molecule has 4 nitrogen and oxygen atoms in total. The summed E-state index contributed by atoms with van der Waals surface area (Å²) in [7, 11) is 0. The molecule has 0 saturated carbocycles. The lowest BCUT2D eigenvalue weighted by Crippen LogP contribution is -2.46. The highest BCUT2D eigenvalue weighted by atomic mass is 16.6. The number of allylic oxidation sites excluding steroid dienone is 2. The third kappa shape index (κ3) is 2.80. The van der Waals surface area contributed by atoms with Crippen LogP contribution in [0.5, 0.6) is 0 Å². The molecular weight excluding hydrogens is 254 g/mol. The molecule has 2 aliphatic rings. The van der Waals surface area contributed by atoms with Crippen LogP contribution in [0.25, 0.3) is 0 Å². The van der Waals surface area contributed by atoms with Crippen molar-refractivity contribution in [2.24, 2.45) is 0 Å². The van der Waals surface area contributed by atoms with Crippen LogP contribution in [-0.4, -0.2) is 40.8 Å². The van der Waals surface area contributed by atoms with Gasteiger partial charge in [0.05, 0.1) is 5.70 Å². The topological polar surface area (TPSA) is 49.8 Å². The molecule has 2 heterocycles. The molecule has 0 radical (unpaired) electrons. The van der Waals surface area contributed by atoms with Gasteiger partial charge in [0.15, 0.2) is 5.60 Å². The van der Waals surface area contributed by atoms with Crippen LogP contribution < -0.4 is 0 Å². The number of ether oxygens (including phenoxy) is 1. The van der Waals surface area contributed by atoms with Crippen LogP contribution in [0.2, 0.25) is 0 Å². The molecule has 110 valence electrons. The SMILES string of the molecule is C=C/C(C)=C/C[C@@H](O)C1(C)OC(=O)C=C1N1CCCC1. The van der Waals surface area contributed by atoms with Gasteiger partial charge in [-0.25, -0.2) is 4.79 Å². The molecule has 0 spiro atoms. The van der Waals surface area contributed by atoms with E-state index in [-0.39, 0.29) is 5.97 Å². The van der Waals surface area contributed by atoms with Crippen LogP contribution in [0.1, 0.15) is 33.1 Å². The van der Waals surface area contributed by atoms with Crippen molar-refractivity contribution in [3.8, 4) is 0 Å². The van der Waals surface area contributed by atoms with E-state index in [2.05, 4.69) is 11.5 Å². The number of likely N-dealkylation sites (tertiary alicyclic amines) is 1. The standard InChI is InChI=1S/C16H23NO3/c1-4-12(2)7-8-14(18)16(3)13(11-15(19)20-16)17-9-5-6-10-17/h4,7,11,14,18H,1,5-6,8-10H2,2-3H3/b12-7+/t14-,16?/m1/s1. The average Bonchev–Trinajstić information content (AvgIpc) is 3.03. The van der Waals surface area contributed by atoms with Gasteiger partial charge in [-0.05, 0) is 33.1 Å². The van der Waals surface area contributed by atoms with Crippen LogP contribution in [-0.2, 0) is 9.53 Å². The molecule has 1 fully saturated rings. The van der Waals surface area contributed by atoms with Gasteiger partial charge in [-0.15, -0.1) is 0 Å². The Kier molecular flexibility index (Phi) is 4.33. The van der Waals surface area contributed by atoms with Gasteiger partial charge in [0.1, 0.15) is 6.10 Å². The summed E-state index contributed by atoms with van der Waals surface area (Å²) in [6, 6.07) is 0. The van der Waals surface area contributed by atoms with E-state index in [4.69, 9.17) is 4.74 Å². The molecule has 0 aromatic rings. The summed E-state index contributed by atoms with van der Waals surface area (Å²) < 4.78 is 5.42. The van der Waals surface area contributed by atoms with E-state index in [0.717, 1.165) is 37.2 Å². The van der Waals surface area contributed by atoms with Crippen LogP contribution >= 0.6 is 0 Å². The highest BCUT2D eigenvalue weighted by Crippen LogP contribution is 2.36. The molecule has 0 aromatic carbocycles. The second-order valence-electron chi connectivity index (χ2n) is 5.66. The molecule has 0 bridgehead atoms. The fraction of sp³-hybridized carbons (Fsp3) is 0.562. The lowest BCUT2D eigenvalue weighted by Gasteiger charge is -2.35. The Balaban J connectivity index is 2.16. The van der Waals surface area contributed by atoms with Crippen LogP contribution in [0.15, 0.2) is 36.1 Å². The van der Waals surface area contributed by atoms with Crippen molar-refractivity contribution in [2.75, 3.05) is 13.1 Å². The molecule has 2 rings (SSSR count). The zero-order valence-electron chi connectivity index (χ0n) is 12.3. The number of carbonyl (C=O) groups excluding carboxylic acids is 1. The van der Waals surface area contributed by atoms with E-state index in [0.29, 0.717) is 6.42 Å². The van der Waals surface area contributed by atoms with Crippen molar-refractivity contribution in [1.29, 1.82) is 0 Å². The van der Waals surface area contributed by atoms with Gasteiger partial charge in [0, 0.05) is 19.2 Å². The molecule has 2 aliphatic heterocycles. The summed E-state index contributed by atoms with van der Waals surface area (Å²) in [5.41, 5.74) is 0.875. The number of esters is 1. The summed E-state index contributed by atoms with van der Waals surface area (Å²) in [4.78, 5) is 13.8. The number of nitrogens with zero attached hydrogens (tertiary/aromatic N) is 1. The first-order valence-corrected chi connectivity index (χ1v) is 7.14. The third-order valence-electron chi connectivity index (χ3n) is 4.14. The van der Waals surface area contributed by atoms with E-state index in [1.165, 1.54) is 6.08 Å². The number of aliphatic hydroxyl groups excluding tert-OH is 1. The first-order chi connectivity index (χ1) is 9.47. The Bertz CT molecular complexity index is 460. The molecule has 4 heteroatoms. The Morgan fingerprint density at radius 2 is 2.25 bits per heavy atom. The Morgan fingerprint density at radius 1 is 1.60 bits per heavy atom. The quantitative estimate of drug-likeness (QED) is 0.618. The van der Waals surface area contributed by atoms with Crippen molar-refractivity contribution in [1.82, 2.24) is 4.90 Å². The highest BCUT2D eigenvalue weighted by Gasteiger charge is 2.47. The van der Waals surface area contributed by atoms with Gasteiger partial charge in [-0.1, -0.05) is 24.3 Å². The fourth-order valence-corrected chi connectivity index (χ4v) is 2.75. The largest absolute Gasteiger partial charge is 0.447 e. The van der Waals surface area contributed by atoms with E-state index < -0.39 is 11.7 Å². The zero-order chi connectivity index (χ0) is 14.8. The molecule has 20 heavy (non-hydrogen) atoms. The van der Waals surface area contributed by atoms with Gasteiger partial charge >= 0.3 is 5.97 Å². The van der Waals surface area contributed by atoms with Crippen LogP contribution in [0, 0.1) is 0 Å². The maximum atomic E-state index is 11.7. The molecule has 0 amide bonds. The minimum absolute atomic E-state index is 0.363. The van der Waals surface area contributed by atoms with E-state index in [1.54, 1.807) is 13.0 Å². The zero-order valence-corrected chi connectivity index (χ0v) is 12.3. The van der Waals surface area contributed by atoms with Gasteiger partial charge < -0.3 is 14.7 Å². The molecule has 1 N–H and O–H groups in total. The smallest absolute Gasteiger partial charge is 0.333 e. The van der Waals surface area contributed by atoms with Gasteiger partial charge in [0.2, 0.25) is 0 Å². The Labute approximate surface area is 120 Å². The van der Waals surface area contributed by atoms with Crippen molar-refractivity contribution in [3.63, 3.8) is 0 Å². The molecule has 1 saturated heterocycles. The van der Waals surface area contributed by atoms with E-state index in [1.807, 2.05) is 13.0 Å². The van der Waals surface area contributed by atoms with E-state index in [9.17, 15) is 9.90 Å². The fourth-order valence-electron chi connectivity index (χ4n) is 2.75. The monoisotopic (exact) mass is 277 g/mol. The lowest BCUT2D eigenvalue weighted by atomic mass is 9.92. The van der Waals surface area contributed by atoms with Crippen molar-refractivity contribution in [3.05, 3.63) is 36.1 Å².